The molecule has 0 atom stereocenters. The van der Waals surface area contributed by atoms with Crippen molar-refractivity contribution in [2.24, 2.45) is 4.99 Å². The van der Waals surface area contributed by atoms with Gasteiger partial charge in [0.15, 0.2) is 5.96 Å². The predicted molar refractivity (Wildman–Crippen MR) is 96.0 cm³/mol. The van der Waals surface area contributed by atoms with Gasteiger partial charge in [0.2, 0.25) is 0 Å². The first-order chi connectivity index (χ1) is 11.8. The number of aryl methyl sites for hydroxylation is 2. The Bertz CT molecular complexity index is 615. The molecule has 24 heavy (non-hydrogen) atoms. The van der Waals surface area contributed by atoms with Gasteiger partial charge in [-0.25, -0.2) is 4.99 Å². The number of rotatable bonds is 8. The molecule has 6 heteroatoms. The van der Waals surface area contributed by atoms with Crippen LogP contribution in [-0.4, -0.2) is 29.2 Å². The van der Waals surface area contributed by atoms with Crippen molar-refractivity contribution < 1.29 is 4.52 Å². The van der Waals surface area contributed by atoms with E-state index in [9.17, 15) is 0 Å². The summed E-state index contributed by atoms with van der Waals surface area (Å²) in [6, 6.07) is 4.04. The zero-order chi connectivity index (χ0) is 17.2. The Morgan fingerprint density at radius 3 is 2.75 bits per heavy atom. The highest BCUT2D eigenvalue weighted by molar-refractivity contribution is 5.79. The highest BCUT2D eigenvalue weighted by atomic mass is 16.5. The largest absolute Gasteiger partial charge is 0.361 e. The number of hydrogen-bond donors (Lipinski definition) is 2. The van der Waals surface area contributed by atoms with Crippen LogP contribution in [-0.2, 0) is 25.8 Å². The van der Waals surface area contributed by atoms with Crippen LogP contribution in [0.25, 0.3) is 0 Å². The highest BCUT2D eigenvalue weighted by Crippen LogP contribution is 2.16. The minimum absolute atomic E-state index is 0.581. The van der Waals surface area contributed by atoms with E-state index in [1.807, 2.05) is 12.3 Å². The number of pyridine rings is 1. The van der Waals surface area contributed by atoms with E-state index >= 15 is 0 Å². The predicted octanol–water partition coefficient (Wildman–Crippen LogP) is 2.49. The van der Waals surface area contributed by atoms with Gasteiger partial charge in [0.25, 0.3) is 0 Å². The summed E-state index contributed by atoms with van der Waals surface area (Å²) in [7, 11) is 0. The zero-order valence-corrected chi connectivity index (χ0v) is 14.8. The molecule has 0 saturated heterocycles. The molecule has 0 spiro atoms. The van der Waals surface area contributed by atoms with Gasteiger partial charge in [-0.05, 0) is 31.4 Å². The molecule has 0 radical (unpaired) electrons. The first kappa shape index (κ1) is 18.0. The lowest BCUT2D eigenvalue weighted by atomic mass is 10.1. The van der Waals surface area contributed by atoms with Gasteiger partial charge in [-0.3, -0.25) is 4.98 Å². The van der Waals surface area contributed by atoms with E-state index in [0.717, 1.165) is 55.3 Å². The number of aliphatic imine (C=N–C) groups is 1. The first-order valence-corrected chi connectivity index (χ1v) is 8.65. The molecule has 0 aromatic carbocycles. The summed E-state index contributed by atoms with van der Waals surface area (Å²) >= 11 is 0. The molecular formula is C18H27N5O. The average molecular weight is 329 g/mol. The van der Waals surface area contributed by atoms with Crippen LogP contribution in [0.15, 0.2) is 34.0 Å². The van der Waals surface area contributed by atoms with Crippen molar-refractivity contribution in [3.05, 3.63) is 47.1 Å². The number of nitrogens with one attached hydrogen (secondary N) is 2. The Morgan fingerprint density at radius 2 is 2.08 bits per heavy atom. The fraction of sp³-hybridized carbons (Fsp3) is 0.500. The molecule has 2 N–H and O–H groups in total. The molecule has 0 aliphatic carbocycles. The number of hydrogen-bond acceptors (Lipinski definition) is 4. The Morgan fingerprint density at radius 1 is 1.21 bits per heavy atom. The molecular weight excluding hydrogens is 302 g/mol. The van der Waals surface area contributed by atoms with Gasteiger partial charge < -0.3 is 15.2 Å². The van der Waals surface area contributed by atoms with Crippen LogP contribution >= 0.6 is 0 Å². The second-order valence-electron chi connectivity index (χ2n) is 5.47. The molecule has 0 aliphatic rings. The normalized spacial score (nSPS) is 11.5. The van der Waals surface area contributed by atoms with Gasteiger partial charge in [-0.2, -0.15) is 0 Å². The standard InChI is InChI=1S/C18H27N5O/c1-4-16-15(17(5-2)24-23-16)13-22-18(20-6-3)21-11-9-14-8-7-10-19-12-14/h7-8,10,12H,4-6,9,11,13H2,1-3H3,(H2,20,21,22). The molecule has 2 aromatic heterocycles. The van der Waals surface area contributed by atoms with Gasteiger partial charge in [0, 0.05) is 37.5 Å². The van der Waals surface area contributed by atoms with E-state index in [1.54, 1.807) is 6.20 Å². The second-order valence-corrected chi connectivity index (χ2v) is 5.47. The van der Waals surface area contributed by atoms with Crippen molar-refractivity contribution in [3.63, 3.8) is 0 Å². The Kier molecular flexibility index (Phi) is 7.26. The average Bonchev–Trinajstić information content (AvgIpc) is 3.02. The molecule has 6 nitrogen and oxygen atoms in total. The SMILES string of the molecule is CCNC(=NCc1c(CC)noc1CC)NCCc1cccnc1. The third-order valence-corrected chi connectivity index (χ3v) is 3.78. The zero-order valence-electron chi connectivity index (χ0n) is 14.8. The van der Waals surface area contributed by atoms with Crippen molar-refractivity contribution in [3.8, 4) is 0 Å². The van der Waals surface area contributed by atoms with Crippen molar-refractivity contribution in [2.75, 3.05) is 13.1 Å². The van der Waals surface area contributed by atoms with Crippen LogP contribution in [0.3, 0.4) is 0 Å². The maximum atomic E-state index is 5.40. The molecule has 0 bridgehead atoms. The summed E-state index contributed by atoms with van der Waals surface area (Å²) in [5.41, 5.74) is 3.33. The van der Waals surface area contributed by atoms with Gasteiger partial charge >= 0.3 is 0 Å². The second kappa shape index (κ2) is 9.70. The van der Waals surface area contributed by atoms with Crippen molar-refractivity contribution >= 4 is 5.96 Å². The van der Waals surface area contributed by atoms with Gasteiger partial charge in [0.05, 0.1) is 12.2 Å². The van der Waals surface area contributed by atoms with Crippen LogP contribution < -0.4 is 10.6 Å². The van der Waals surface area contributed by atoms with Gasteiger partial charge in [-0.1, -0.05) is 25.1 Å². The Labute approximate surface area is 143 Å². The van der Waals surface area contributed by atoms with E-state index < -0.39 is 0 Å². The van der Waals surface area contributed by atoms with Crippen molar-refractivity contribution in [2.45, 2.75) is 46.6 Å². The maximum absolute atomic E-state index is 5.40. The molecule has 2 rings (SSSR count). The van der Waals surface area contributed by atoms with Crippen LogP contribution in [0, 0.1) is 0 Å². The molecule has 2 heterocycles. The van der Waals surface area contributed by atoms with Crippen molar-refractivity contribution in [1.29, 1.82) is 0 Å². The fourth-order valence-electron chi connectivity index (χ4n) is 2.49. The van der Waals surface area contributed by atoms with Gasteiger partial charge in [0.1, 0.15) is 5.76 Å². The molecule has 2 aromatic rings. The quantitative estimate of drug-likeness (QED) is 0.575. The van der Waals surface area contributed by atoms with E-state index in [0.29, 0.717) is 6.54 Å². The van der Waals surface area contributed by atoms with Crippen LogP contribution in [0.5, 0.6) is 0 Å². The smallest absolute Gasteiger partial charge is 0.191 e. The maximum Gasteiger partial charge on any atom is 0.191 e. The van der Waals surface area contributed by atoms with E-state index in [4.69, 9.17) is 4.52 Å². The Balaban J connectivity index is 1.96. The molecule has 0 saturated carbocycles. The molecule has 0 unspecified atom stereocenters. The van der Waals surface area contributed by atoms with E-state index in [1.165, 1.54) is 5.56 Å². The first-order valence-electron chi connectivity index (χ1n) is 8.65. The molecule has 0 amide bonds. The summed E-state index contributed by atoms with van der Waals surface area (Å²) in [5, 5.41) is 10.8. The van der Waals surface area contributed by atoms with E-state index in [2.05, 4.69) is 52.6 Å². The van der Waals surface area contributed by atoms with Crippen LogP contribution in [0.1, 0.15) is 43.4 Å². The minimum Gasteiger partial charge on any atom is -0.361 e. The topological polar surface area (TPSA) is 75.3 Å². The lowest BCUT2D eigenvalue weighted by molar-refractivity contribution is 0.380. The summed E-state index contributed by atoms with van der Waals surface area (Å²) in [6.45, 7) is 8.43. The summed E-state index contributed by atoms with van der Waals surface area (Å²) in [6.07, 6.45) is 6.29. The highest BCUT2D eigenvalue weighted by Gasteiger charge is 2.12. The Hall–Kier alpha value is -2.37. The molecule has 130 valence electrons. The summed E-state index contributed by atoms with van der Waals surface area (Å²) in [4.78, 5) is 8.82. The van der Waals surface area contributed by atoms with Crippen LogP contribution in [0.4, 0.5) is 0 Å². The lowest BCUT2D eigenvalue weighted by Crippen LogP contribution is -2.38. The minimum atomic E-state index is 0.581. The number of aromatic nitrogens is 2. The van der Waals surface area contributed by atoms with E-state index in [-0.39, 0.29) is 0 Å². The number of guanidine groups is 1. The van der Waals surface area contributed by atoms with Crippen LogP contribution in [0.2, 0.25) is 0 Å². The number of nitrogens with zero attached hydrogens (tertiary/aromatic N) is 3. The fourth-order valence-corrected chi connectivity index (χ4v) is 2.49. The third kappa shape index (κ3) is 5.08. The monoisotopic (exact) mass is 329 g/mol. The summed E-state index contributed by atoms with van der Waals surface area (Å²) < 4.78 is 5.40. The summed E-state index contributed by atoms with van der Waals surface area (Å²) in [5.74, 6) is 1.74. The molecule has 0 fully saturated rings. The third-order valence-electron chi connectivity index (χ3n) is 3.78. The lowest BCUT2D eigenvalue weighted by Gasteiger charge is -2.11. The van der Waals surface area contributed by atoms with Crippen molar-refractivity contribution in [1.82, 2.24) is 20.8 Å². The van der Waals surface area contributed by atoms with Gasteiger partial charge in [-0.15, -0.1) is 0 Å². The molecule has 0 aliphatic heterocycles.